The van der Waals surface area contributed by atoms with Crippen LogP contribution in [0.4, 0.5) is 22.7 Å². The summed E-state index contributed by atoms with van der Waals surface area (Å²) in [6, 6.07) is 15.4. The first-order chi connectivity index (χ1) is 34.4. The fourth-order valence-electron chi connectivity index (χ4n) is 8.16. The van der Waals surface area contributed by atoms with Crippen molar-refractivity contribution < 1.29 is 59.4 Å². The van der Waals surface area contributed by atoms with E-state index >= 15 is 0 Å². The lowest BCUT2D eigenvalue weighted by Gasteiger charge is -2.34. The number of nitrogens with one attached hydrogen (secondary N) is 4. The number of carboxylic acid groups (broad SMARTS) is 6. The Kier molecular flexibility index (Phi) is 25.6. The smallest absolute Gasteiger partial charge is 0.317 e. The van der Waals surface area contributed by atoms with Gasteiger partial charge in [0.05, 0.1) is 62.3 Å². The van der Waals surface area contributed by atoms with Gasteiger partial charge in [-0.1, -0.05) is 24.4 Å². The zero-order chi connectivity index (χ0) is 52.4. The Morgan fingerprint density at radius 1 is 0.361 bits per heavy atom. The van der Waals surface area contributed by atoms with E-state index in [1.165, 1.54) is 0 Å². The molecule has 2 aromatic rings. The monoisotopic (exact) mass is 1050 g/mol. The number of hydrogen-bond donors (Lipinski definition) is 10. The third-order valence-corrected chi connectivity index (χ3v) is 12.5. The molecule has 72 heavy (non-hydrogen) atoms. The molecule has 0 aliphatic carbocycles. The molecular formula is C46H70N12O12S2. The highest BCUT2D eigenvalue weighted by Crippen LogP contribution is 2.20. The molecular weight excluding hydrogens is 977 g/mol. The highest BCUT2D eigenvalue weighted by atomic mass is 32.1. The lowest BCUT2D eigenvalue weighted by atomic mass is 10.2. The molecule has 4 rings (SSSR count). The minimum absolute atomic E-state index is 0.196. The summed E-state index contributed by atoms with van der Waals surface area (Å²) in [7, 11) is 0. The Labute approximate surface area is 430 Å². The van der Waals surface area contributed by atoms with Crippen molar-refractivity contribution in [3.63, 3.8) is 0 Å². The maximum absolute atomic E-state index is 11.7. The third-order valence-electron chi connectivity index (χ3n) is 12.0. The minimum Gasteiger partial charge on any atom is -0.480 e. The molecule has 0 unspecified atom stereocenters. The second-order valence-corrected chi connectivity index (χ2v) is 18.5. The molecule has 0 atom stereocenters. The van der Waals surface area contributed by atoms with Gasteiger partial charge in [-0.05, 0) is 48.5 Å². The number of anilines is 4. The van der Waals surface area contributed by atoms with E-state index in [4.69, 9.17) is 24.4 Å². The highest BCUT2D eigenvalue weighted by molar-refractivity contribution is 7.80. The first kappa shape index (κ1) is 58.6. The van der Waals surface area contributed by atoms with Crippen LogP contribution in [0, 0.1) is 0 Å². The van der Waals surface area contributed by atoms with Gasteiger partial charge in [0.1, 0.15) is 0 Å². The van der Waals surface area contributed by atoms with Gasteiger partial charge in [-0.2, -0.15) is 0 Å². The Morgan fingerprint density at radius 2 is 0.569 bits per heavy atom. The fourth-order valence-corrected chi connectivity index (χ4v) is 8.51. The van der Waals surface area contributed by atoms with Gasteiger partial charge in [-0.3, -0.25) is 58.2 Å². The van der Waals surface area contributed by atoms with E-state index in [2.05, 4.69) is 31.1 Å². The van der Waals surface area contributed by atoms with Crippen LogP contribution < -0.4 is 31.1 Å². The van der Waals surface area contributed by atoms with Crippen LogP contribution in [0.1, 0.15) is 0 Å². The lowest BCUT2D eigenvalue weighted by molar-refractivity contribution is -0.140. The van der Waals surface area contributed by atoms with E-state index in [0.717, 1.165) is 22.7 Å². The molecule has 2 saturated heterocycles. The van der Waals surface area contributed by atoms with Gasteiger partial charge in [0.25, 0.3) is 0 Å². The van der Waals surface area contributed by atoms with Crippen molar-refractivity contribution in [3.8, 4) is 0 Å². The summed E-state index contributed by atoms with van der Waals surface area (Å²) < 4.78 is 0. The van der Waals surface area contributed by atoms with Crippen molar-refractivity contribution in [1.82, 2.24) is 40.0 Å². The van der Waals surface area contributed by atoms with Crippen LogP contribution in [0.3, 0.4) is 0 Å². The second kappa shape index (κ2) is 31.5. The van der Waals surface area contributed by atoms with Gasteiger partial charge in [0.15, 0.2) is 0 Å². The molecule has 2 aliphatic rings. The molecule has 26 heteroatoms. The van der Waals surface area contributed by atoms with Crippen molar-refractivity contribution in [2.75, 3.05) is 191 Å². The Bertz CT molecular complexity index is 1880. The van der Waals surface area contributed by atoms with Crippen molar-refractivity contribution in [3.05, 3.63) is 48.5 Å². The standard InChI is InChI=1S/C46H70N12O12S2/c59-41(60)29-51-11-15-53(31-43(63)64)19-23-57(24-20-54(16-12-51)32-44(65)66)37-5-1-35(2-6-37)49-27-39(71)47-9-10-48-40(72)28-50-36-3-7-38(8-4-36)58-25-21-55(33-45(67)68)17-13-52(30-42(61)62)14-18-56(22-26-58)34-46(69)70/h1-8,49-50H,9-34H2,(H,47,71)(H,48,72)(H,59,60)(H,61,62)(H,63,64)(H,65,66)(H,67,68)(H,69,70). The summed E-state index contributed by atoms with van der Waals surface area (Å²) in [5, 5.41) is 70.1. The molecule has 10 N–H and O–H groups in total. The Hall–Kier alpha value is -6.00. The van der Waals surface area contributed by atoms with Crippen LogP contribution >= 0.6 is 24.4 Å². The van der Waals surface area contributed by atoms with Crippen molar-refractivity contribution in [2.24, 2.45) is 0 Å². The maximum atomic E-state index is 11.7. The summed E-state index contributed by atoms with van der Waals surface area (Å²) >= 11 is 11.1. The Balaban J connectivity index is 1.22. The number of rotatable bonds is 23. The van der Waals surface area contributed by atoms with Gasteiger partial charge in [-0.15, -0.1) is 0 Å². The average Bonchev–Trinajstić information content (AvgIpc) is 3.31. The first-order valence-electron chi connectivity index (χ1n) is 23.8. The SMILES string of the molecule is O=C(O)CN1CCN(CC(=O)O)CCN(c2ccc(NCC(=S)NCCNC(=S)CNc3ccc(N4CCN(CC(=O)O)CCN(CC(=O)O)CCN(CC(=O)O)CC4)cc3)cc2)CCN(CC(=O)O)CC1. The van der Waals surface area contributed by atoms with Crippen LogP contribution in [0.5, 0.6) is 0 Å². The molecule has 2 fully saturated rings. The molecule has 0 aromatic heterocycles. The number of hydrogen-bond acceptors (Lipinski definition) is 18. The summed E-state index contributed by atoms with van der Waals surface area (Å²) in [6.45, 7) is 6.65. The second-order valence-electron chi connectivity index (χ2n) is 17.5. The van der Waals surface area contributed by atoms with E-state index in [1.807, 2.05) is 48.5 Å². The summed E-state index contributed by atoms with van der Waals surface area (Å²) in [4.78, 5) is 85.6. The molecule has 0 amide bonds. The molecule has 2 aromatic carbocycles. The number of carboxylic acids is 6. The molecule has 2 aliphatic heterocycles. The highest BCUT2D eigenvalue weighted by Gasteiger charge is 2.23. The number of aliphatic carboxylic acids is 6. The Morgan fingerprint density at radius 3 is 0.778 bits per heavy atom. The lowest BCUT2D eigenvalue weighted by Crippen LogP contribution is -2.48. The van der Waals surface area contributed by atoms with Gasteiger partial charge < -0.3 is 61.7 Å². The largest absolute Gasteiger partial charge is 0.480 e. The van der Waals surface area contributed by atoms with E-state index in [-0.39, 0.29) is 39.3 Å². The van der Waals surface area contributed by atoms with Crippen molar-refractivity contribution >= 4 is 93.0 Å². The summed E-state index contributed by atoms with van der Waals surface area (Å²) in [5.74, 6) is -5.94. The number of nitrogens with zero attached hydrogens (tertiary/aromatic N) is 8. The fraction of sp³-hybridized carbons (Fsp3) is 0.565. The quantitative estimate of drug-likeness (QED) is 0.0472. The molecule has 0 spiro atoms. The van der Waals surface area contributed by atoms with E-state index in [1.54, 1.807) is 29.4 Å². The predicted octanol–water partition coefficient (Wildman–Crippen LogP) is -0.996. The van der Waals surface area contributed by atoms with Gasteiger partial charge in [0.2, 0.25) is 0 Å². The molecule has 24 nitrogen and oxygen atoms in total. The molecule has 0 bridgehead atoms. The molecule has 2 heterocycles. The topological polar surface area (TPSA) is 298 Å². The summed E-state index contributed by atoms with van der Waals surface area (Å²) in [6.07, 6.45) is 0. The zero-order valence-electron chi connectivity index (χ0n) is 40.5. The molecule has 0 radical (unpaired) electrons. The third kappa shape index (κ3) is 23.9. The van der Waals surface area contributed by atoms with Crippen LogP contribution in [0.25, 0.3) is 0 Å². The predicted molar refractivity (Wildman–Crippen MR) is 280 cm³/mol. The summed E-state index contributed by atoms with van der Waals surface area (Å²) in [5.41, 5.74) is 3.40. The van der Waals surface area contributed by atoms with E-state index < -0.39 is 35.8 Å². The number of carbonyl (C=O) groups is 6. The zero-order valence-corrected chi connectivity index (χ0v) is 42.2. The van der Waals surface area contributed by atoms with E-state index in [0.29, 0.717) is 141 Å². The van der Waals surface area contributed by atoms with Gasteiger partial charge in [0, 0.05) is 141 Å². The average molecular weight is 1050 g/mol. The van der Waals surface area contributed by atoms with E-state index in [9.17, 15) is 59.4 Å². The van der Waals surface area contributed by atoms with Gasteiger partial charge in [-0.25, -0.2) is 0 Å². The minimum atomic E-state index is -1.01. The number of thiocarbonyl (C=S) groups is 2. The van der Waals surface area contributed by atoms with Crippen LogP contribution in [-0.4, -0.2) is 276 Å². The van der Waals surface area contributed by atoms with Crippen LogP contribution in [0.2, 0.25) is 0 Å². The van der Waals surface area contributed by atoms with Gasteiger partial charge >= 0.3 is 35.8 Å². The maximum Gasteiger partial charge on any atom is 0.317 e. The molecule has 0 saturated carbocycles. The molecule has 398 valence electrons. The van der Waals surface area contributed by atoms with Crippen molar-refractivity contribution in [1.29, 1.82) is 0 Å². The number of benzene rings is 2. The van der Waals surface area contributed by atoms with Crippen LogP contribution in [0.15, 0.2) is 48.5 Å². The van der Waals surface area contributed by atoms with Crippen LogP contribution in [-0.2, 0) is 28.8 Å². The normalized spacial score (nSPS) is 17.2. The van der Waals surface area contributed by atoms with Crippen molar-refractivity contribution in [2.45, 2.75) is 0 Å². The first-order valence-corrected chi connectivity index (χ1v) is 24.6.